The second-order valence-corrected chi connectivity index (χ2v) is 4.77. The first-order chi connectivity index (χ1) is 9.84. The number of pyridine rings is 1. The molecular weight excluding hydrogens is 252 g/mol. The number of amides is 1. The summed E-state index contributed by atoms with van der Waals surface area (Å²) in [6.45, 7) is 1.04. The molecule has 0 aliphatic carbocycles. The van der Waals surface area contributed by atoms with Gasteiger partial charge in [-0.1, -0.05) is 24.3 Å². The van der Waals surface area contributed by atoms with Crippen LogP contribution in [-0.2, 0) is 11.3 Å². The molecule has 20 heavy (non-hydrogen) atoms. The summed E-state index contributed by atoms with van der Waals surface area (Å²) in [5, 5.41) is 2.95. The largest absolute Gasteiger partial charge is 0.493 e. The maximum absolute atomic E-state index is 12.3. The van der Waals surface area contributed by atoms with Gasteiger partial charge in [0, 0.05) is 11.8 Å². The first-order valence-corrected chi connectivity index (χ1v) is 6.74. The van der Waals surface area contributed by atoms with E-state index in [4.69, 9.17) is 4.74 Å². The minimum absolute atomic E-state index is 0.0337. The van der Waals surface area contributed by atoms with Gasteiger partial charge in [-0.3, -0.25) is 9.78 Å². The lowest BCUT2D eigenvalue weighted by atomic mass is 9.92. The fourth-order valence-corrected chi connectivity index (χ4v) is 2.42. The van der Waals surface area contributed by atoms with Crippen LogP contribution in [-0.4, -0.2) is 17.5 Å². The summed E-state index contributed by atoms with van der Waals surface area (Å²) in [5.74, 6) is 0.715. The highest BCUT2D eigenvalue weighted by atomic mass is 16.5. The van der Waals surface area contributed by atoms with Crippen LogP contribution in [0, 0.1) is 0 Å². The SMILES string of the molecule is O=C(NCc1ccccn1)C1CCOc2ccccc21. The molecule has 1 unspecified atom stereocenters. The molecule has 0 saturated heterocycles. The average Bonchev–Trinajstić information content (AvgIpc) is 2.53. The van der Waals surface area contributed by atoms with E-state index in [1.165, 1.54) is 0 Å². The number of benzene rings is 1. The van der Waals surface area contributed by atoms with Gasteiger partial charge in [0.1, 0.15) is 5.75 Å². The topological polar surface area (TPSA) is 51.2 Å². The number of para-hydroxylation sites is 1. The zero-order valence-corrected chi connectivity index (χ0v) is 11.1. The molecule has 0 saturated carbocycles. The Morgan fingerprint density at radius 1 is 1.25 bits per heavy atom. The van der Waals surface area contributed by atoms with Crippen LogP contribution in [0.3, 0.4) is 0 Å². The van der Waals surface area contributed by atoms with Crippen LogP contribution in [0.1, 0.15) is 23.6 Å². The Kier molecular flexibility index (Phi) is 3.63. The van der Waals surface area contributed by atoms with E-state index in [1.54, 1.807) is 6.20 Å². The molecule has 1 aliphatic heterocycles. The molecule has 0 spiro atoms. The molecule has 2 aromatic rings. The van der Waals surface area contributed by atoms with Crippen molar-refractivity contribution in [3.63, 3.8) is 0 Å². The number of carbonyl (C=O) groups is 1. The monoisotopic (exact) mass is 268 g/mol. The van der Waals surface area contributed by atoms with Gasteiger partial charge >= 0.3 is 0 Å². The highest BCUT2D eigenvalue weighted by Crippen LogP contribution is 2.33. The van der Waals surface area contributed by atoms with Crippen molar-refractivity contribution in [3.8, 4) is 5.75 Å². The maximum Gasteiger partial charge on any atom is 0.228 e. The van der Waals surface area contributed by atoms with Gasteiger partial charge in [-0.05, 0) is 24.6 Å². The Morgan fingerprint density at radius 2 is 2.10 bits per heavy atom. The quantitative estimate of drug-likeness (QED) is 0.929. The second kappa shape index (κ2) is 5.74. The van der Waals surface area contributed by atoms with Gasteiger partial charge in [0.25, 0.3) is 0 Å². The van der Waals surface area contributed by atoms with E-state index in [1.807, 2.05) is 42.5 Å². The van der Waals surface area contributed by atoms with Gasteiger partial charge in [0.05, 0.1) is 24.8 Å². The molecule has 1 N–H and O–H groups in total. The van der Waals surface area contributed by atoms with Gasteiger partial charge in [0.15, 0.2) is 0 Å². The summed E-state index contributed by atoms with van der Waals surface area (Å²) in [6, 6.07) is 13.4. The number of aromatic nitrogens is 1. The summed E-state index contributed by atoms with van der Waals surface area (Å²) in [5.41, 5.74) is 1.83. The van der Waals surface area contributed by atoms with E-state index in [9.17, 15) is 4.79 Å². The Morgan fingerprint density at radius 3 is 2.95 bits per heavy atom. The Bertz CT molecular complexity index is 598. The van der Waals surface area contributed by atoms with E-state index < -0.39 is 0 Å². The zero-order valence-electron chi connectivity index (χ0n) is 11.1. The van der Waals surface area contributed by atoms with Crippen LogP contribution < -0.4 is 10.1 Å². The smallest absolute Gasteiger partial charge is 0.228 e. The van der Waals surface area contributed by atoms with Crippen LogP contribution >= 0.6 is 0 Å². The highest BCUT2D eigenvalue weighted by molar-refractivity contribution is 5.84. The van der Waals surface area contributed by atoms with Crippen LogP contribution in [0.5, 0.6) is 5.75 Å². The number of nitrogens with one attached hydrogen (secondary N) is 1. The molecule has 1 aromatic carbocycles. The molecule has 4 heteroatoms. The summed E-state index contributed by atoms with van der Waals surface area (Å²) in [6.07, 6.45) is 2.44. The lowest BCUT2D eigenvalue weighted by molar-refractivity contribution is -0.123. The predicted octanol–water partition coefficient (Wildman–Crippen LogP) is 2.26. The molecule has 1 amide bonds. The van der Waals surface area contributed by atoms with E-state index in [-0.39, 0.29) is 11.8 Å². The number of fused-ring (bicyclic) bond motifs is 1. The average molecular weight is 268 g/mol. The van der Waals surface area contributed by atoms with E-state index in [0.717, 1.165) is 17.0 Å². The molecular formula is C16H16N2O2. The van der Waals surface area contributed by atoms with E-state index >= 15 is 0 Å². The summed E-state index contributed by atoms with van der Waals surface area (Å²) in [7, 11) is 0. The fourth-order valence-electron chi connectivity index (χ4n) is 2.42. The fraction of sp³-hybridized carbons (Fsp3) is 0.250. The van der Waals surface area contributed by atoms with Crippen LogP contribution in [0.25, 0.3) is 0 Å². The van der Waals surface area contributed by atoms with Crippen molar-refractivity contribution in [2.24, 2.45) is 0 Å². The maximum atomic E-state index is 12.3. The molecule has 2 heterocycles. The number of rotatable bonds is 3. The first-order valence-electron chi connectivity index (χ1n) is 6.74. The van der Waals surface area contributed by atoms with Crippen molar-refractivity contribution in [2.75, 3.05) is 6.61 Å². The molecule has 1 atom stereocenters. The second-order valence-electron chi connectivity index (χ2n) is 4.77. The summed E-state index contributed by atoms with van der Waals surface area (Å²) >= 11 is 0. The van der Waals surface area contributed by atoms with Gasteiger partial charge in [-0.2, -0.15) is 0 Å². The predicted molar refractivity (Wildman–Crippen MR) is 75.4 cm³/mol. The molecule has 1 aromatic heterocycles. The molecule has 0 fully saturated rings. The molecule has 102 valence electrons. The number of hydrogen-bond donors (Lipinski definition) is 1. The van der Waals surface area contributed by atoms with E-state index in [0.29, 0.717) is 19.6 Å². The van der Waals surface area contributed by atoms with Crippen LogP contribution in [0.2, 0.25) is 0 Å². The Hall–Kier alpha value is -2.36. The summed E-state index contributed by atoms with van der Waals surface area (Å²) < 4.78 is 5.57. The third-order valence-electron chi connectivity index (χ3n) is 3.44. The van der Waals surface area contributed by atoms with Gasteiger partial charge in [-0.25, -0.2) is 0 Å². The van der Waals surface area contributed by atoms with Gasteiger partial charge in [-0.15, -0.1) is 0 Å². The number of hydrogen-bond acceptors (Lipinski definition) is 3. The molecule has 1 aliphatic rings. The lowest BCUT2D eigenvalue weighted by Crippen LogP contribution is -2.32. The van der Waals surface area contributed by atoms with E-state index in [2.05, 4.69) is 10.3 Å². The van der Waals surface area contributed by atoms with Crippen molar-refractivity contribution in [3.05, 3.63) is 59.9 Å². The van der Waals surface area contributed by atoms with Crippen LogP contribution in [0.4, 0.5) is 0 Å². The van der Waals surface area contributed by atoms with Crippen molar-refractivity contribution in [1.29, 1.82) is 0 Å². The lowest BCUT2D eigenvalue weighted by Gasteiger charge is -2.25. The van der Waals surface area contributed by atoms with Crippen molar-refractivity contribution >= 4 is 5.91 Å². The number of ether oxygens (including phenoxy) is 1. The summed E-state index contributed by atoms with van der Waals surface area (Å²) in [4.78, 5) is 16.5. The number of carbonyl (C=O) groups excluding carboxylic acids is 1. The Balaban J connectivity index is 1.69. The normalized spacial score (nSPS) is 16.9. The van der Waals surface area contributed by atoms with Gasteiger partial charge < -0.3 is 10.1 Å². The molecule has 4 nitrogen and oxygen atoms in total. The standard InChI is InChI=1S/C16H16N2O2/c19-16(18-11-12-5-3-4-9-17-12)14-8-10-20-15-7-2-1-6-13(14)15/h1-7,9,14H,8,10-11H2,(H,18,19). The van der Waals surface area contributed by atoms with Crippen LogP contribution in [0.15, 0.2) is 48.7 Å². The van der Waals surface area contributed by atoms with Crippen molar-refractivity contribution in [1.82, 2.24) is 10.3 Å². The minimum atomic E-state index is -0.135. The van der Waals surface area contributed by atoms with Crippen molar-refractivity contribution < 1.29 is 9.53 Å². The molecule has 0 bridgehead atoms. The zero-order chi connectivity index (χ0) is 13.8. The van der Waals surface area contributed by atoms with Gasteiger partial charge in [0.2, 0.25) is 5.91 Å². The Labute approximate surface area is 117 Å². The highest BCUT2D eigenvalue weighted by Gasteiger charge is 2.27. The van der Waals surface area contributed by atoms with Crippen molar-refractivity contribution in [2.45, 2.75) is 18.9 Å². The molecule has 3 rings (SSSR count). The number of nitrogens with zero attached hydrogens (tertiary/aromatic N) is 1. The first kappa shape index (κ1) is 12.7. The molecule has 0 radical (unpaired) electrons. The third-order valence-corrected chi connectivity index (χ3v) is 3.44. The third kappa shape index (κ3) is 2.64. The minimum Gasteiger partial charge on any atom is -0.493 e.